The van der Waals surface area contributed by atoms with Gasteiger partial charge in [-0.3, -0.25) is 9.59 Å². The Morgan fingerprint density at radius 3 is 2.12 bits per heavy atom. The Hall–Kier alpha value is -1.06. The molecule has 0 radical (unpaired) electrons. The van der Waals surface area contributed by atoms with Crippen LogP contribution in [0.15, 0.2) is 0 Å². The van der Waals surface area contributed by atoms with E-state index >= 15 is 0 Å². The van der Waals surface area contributed by atoms with Crippen LogP contribution in [0.4, 0.5) is 0 Å². The van der Waals surface area contributed by atoms with E-state index in [0.717, 1.165) is 32.1 Å². The minimum atomic E-state index is -0.771. The normalized spacial score (nSPS) is 47.1. The molecule has 0 aromatic heterocycles. The fraction of sp³-hybridized carbons (Fsp3) is 0.846. The molecule has 4 heteroatoms. The van der Waals surface area contributed by atoms with Crippen LogP contribution in [0.2, 0.25) is 0 Å². The van der Waals surface area contributed by atoms with Gasteiger partial charge < -0.3 is 10.2 Å². The second-order valence-corrected chi connectivity index (χ2v) is 6.62. The van der Waals surface area contributed by atoms with Crippen molar-refractivity contribution in [1.29, 1.82) is 0 Å². The lowest BCUT2D eigenvalue weighted by atomic mass is 9.43. The monoisotopic (exact) mass is 238 g/mol. The number of carboxylic acid groups (broad SMARTS) is 2. The molecule has 0 aliphatic heterocycles. The van der Waals surface area contributed by atoms with Gasteiger partial charge in [-0.25, -0.2) is 0 Å². The number of carboxylic acids is 2. The summed E-state index contributed by atoms with van der Waals surface area (Å²) in [5.74, 6) is -0.563. The van der Waals surface area contributed by atoms with Gasteiger partial charge in [0, 0.05) is 0 Å². The van der Waals surface area contributed by atoms with Crippen molar-refractivity contribution < 1.29 is 19.8 Å². The maximum absolute atomic E-state index is 11.5. The zero-order chi connectivity index (χ0) is 12.3. The second kappa shape index (κ2) is 3.24. The first-order valence-electron chi connectivity index (χ1n) is 6.38. The Bertz CT molecular complexity index is 373. The molecular formula is C13H18O4. The number of hydrogen-bond donors (Lipinski definition) is 2. The third-order valence-corrected chi connectivity index (χ3v) is 5.16. The number of rotatable bonds is 3. The highest BCUT2D eigenvalue weighted by Crippen LogP contribution is 2.66. The molecule has 4 fully saturated rings. The number of hydrogen-bond acceptors (Lipinski definition) is 2. The number of aliphatic carboxylic acids is 2. The summed E-state index contributed by atoms with van der Waals surface area (Å²) >= 11 is 0. The highest BCUT2D eigenvalue weighted by molar-refractivity contribution is 5.76. The molecule has 0 spiro atoms. The molecule has 94 valence electrons. The Labute approximate surface area is 100 Å². The van der Waals surface area contributed by atoms with Gasteiger partial charge in [0.2, 0.25) is 0 Å². The van der Waals surface area contributed by atoms with E-state index in [1.165, 1.54) is 0 Å². The van der Waals surface area contributed by atoms with E-state index in [4.69, 9.17) is 5.11 Å². The zero-order valence-corrected chi connectivity index (χ0v) is 9.82. The molecule has 4 saturated carbocycles. The van der Waals surface area contributed by atoms with Gasteiger partial charge in [-0.05, 0) is 55.8 Å². The van der Waals surface area contributed by atoms with Gasteiger partial charge in [-0.1, -0.05) is 0 Å². The van der Waals surface area contributed by atoms with Crippen molar-refractivity contribution in [3.05, 3.63) is 0 Å². The summed E-state index contributed by atoms with van der Waals surface area (Å²) in [5, 5.41) is 18.5. The molecule has 4 aliphatic carbocycles. The van der Waals surface area contributed by atoms with E-state index in [-0.39, 0.29) is 11.8 Å². The minimum Gasteiger partial charge on any atom is -0.481 e. The molecule has 17 heavy (non-hydrogen) atoms. The van der Waals surface area contributed by atoms with Gasteiger partial charge in [0.15, 0.2) is 0 Å². The van der Waals surface area contributed by atoms with Crippen molar-refractivity contribution in [2.75, 3.05) is 0 Å². The van der Waals surface area contributed by atoms with E-state index in [0.29, 0.717) is 18.3 Å². The third-order valence-electron chi connectivity index (χ3n) is 5.16. The summed E-state index contributed by atoms with van der Waals surface area (Å²) < 4.78 is 0. The van der Waals surface area contributed by atoms with Crippen molar-refractivity contribution in [3.8, 4) is 0 Å². The largest absolute Gasteiger partial charge is 0.481 e. The van der Waals surface area contributed by atoms with E-state index in [2.05, 4.69) is 0 Å². The van der Waals surface area contributed by atoms with E-state index in [9.17, 15) is 14.7 Å². The Morgan fingerprint density at radius 1 is 1.06 bits per heavy atom. The average molecular weight is 238 g/mol. The van der Waals surface area contributed by atoms with Crippen LogP contribution in [0, 0.1) is 22.7 Å². The van der Waals surface area contributed by atoms with Crippen molar-refractivity contribution in [2.45, 2.75) is 44.9 Å². The first-order valence-corrected chi connectivity index (χ1v) is 6.38. The van der Waals surface area contributed by atoms with Crippen LogP contribution in [0.1, 0.15) is 44.9 Å². The SMILES string of the molecule is O=C(O)CC12C[C@H]3C[C@H](C1)CC(C(=O)O)(C3)C2. The molecule has 0 amide bonds. The molecule has 4 rings (SSSR count). The van der Waals surface area contributed by atoms with Crippen molar-refractivity contribution in [2.24, 2.45) is 22.7 Å². The van der Waals surface area contributed by atoms with Gasteiger partial charge in [-0.15, -0.1) is 0 Å². The first kappa shape index (κ1) is 11.1. The highest BCUT2D eigenvalue weighted by Gasteiger charge is 2.61. The van der Waals surface area contributed by atoms with Crippen LogP contribution in [0.25, 0.3) is 0 Å². The van der Waals surface area contributed by atoms with Gasteiger partial charge >= 0.3 is 11.9 Å². The Kier molecular flexibility index (Phi) is 2.11. The molecule has 4 aliphatic rings. The second-order valence-electron chi connectivity index (χ2n) is 6.62. The Morgan fingerprint density at radius 2 is 1.65 bits per heavy atom. The fourth-order valence-electron chi connectivity index (χ4n) is 5.23. The van der Waals surface area contributed by atoms with Gasteiger partial charge in [0.1, 0.15) is 0 Å². The molecular weight excluding hydrogens is 220 g/mol. The third kappa shape index (κ3) is 1.57. The van der Waals surface area contributed by atoms with Crippen LogP contribution >= 0.6 is 0 Å². The first-order chi connectivity index (χ1) is 7.93. The van der Waals surface area contributed by atoms with Crippen molar-refractivity contribution in [1.82, 2.24) is 0 Å². The van der Waals surface area contributed by atoms with E-state index < -0.39 is 17.4 Å². The average Bonchev–Trinajstić information content (AvgIpc) is 2.12. The van der Waals surface area contributed by atoms with Gasteiger partial charge in [0.25, 0.3) is 0 Å². The minimum absolute atomic E-state index is 0.162. The van der Waals surface area contributed by atoms with Crippen LogP contribution in [0.3, 0.4) is 0 Å². The summed E-state index contributed by atoms with van der Waals surface area (Å²) in [5.41, 5.74) is -0.812. The zero-order valence-electron chi connectivity index (χ0n) is 9.82. The topological polar surface area (TPSA) is 74.6 Å². The molecule has 0 heterocycles. The van der Waals surface area contributed by atoms with Crippen molar-refractivity contribution in [3.63, 3.8) is 0 Å². The molecule has 4 nitrogen and oxygen atoms in total. The Balaban J connectivity index is 1.94. The standard InChI is InChI=1S/C13H18O4/c14-10(15)6-12-2-8-1-9(3-12)5-13(4-8,7-12)11(16)17/h8-9H,1-7H2,(H,14,15)(H,16,17)/t8-,9-,12?,13?/m1/s1. The predicted octanol–water partition coefficient (Wildman–Crippen LogP) is 2.13. The fourth-order valence-corrected chi connectivity index (χ4v) is 5.23. The summed E-state index contributed by atoms with van der Waals surface area (Å²) in [6, 6.07) is 0. The van der Waals surface area contributed by atoms with Gasteiger partial charge in [-0.2, -0.15) is 0 Å². The number of carbonyl (C=O) groups is 2. The van der Waals surface area contributed by atoms with E-state index in [1.807, 2.05) is 0 Å². The summed E-state index contributed by atoms with van der Waals surface area (Å²) in [4.78, 5) is 22.5. The quantitative estimate of drug-likeness (QED) is 0.789. The van der Waals surface area contributed by atoms with Crippen LogP contribution in [0.5, 0.6) is 0 Å². The highest BCUT2D eigenvalue weighted by atomic mass is 16.4. The summed E-state index contributed by atoms with van der Waals surface area (Å²) in [7, 11) is 0. The molecule has 2 atom stereocenters. The predicted molar refractivity (Wildman–Crippen MR) is 59.4 cm³/mol. The molecule has 0 saturated heterocycles. The lowest BCUT2D eigenvalue weighted by molar-refractivity contribution is -0.178. The summed E-state index contributed by atoms with van der Waals surface area (Å²) in [6.07, 6.45) is 5.30. The maximum Gasteiger partial charge on any atom is 0.309 e. The van der Waals surface area contributed by atoms with Crippen molar-refractivity contribution >= 4 is 11.9 Å². The molecule has 2 N–H and O–H groups in total. The maximum atomic E-state index is 11.5. The molecule has 0 aromatic rings. The van der Waals surface area contributed by atoms with Crippen LogP contribution < -0.4 is 0 Å². The van der Waals surface area contributed by atoms with Crippen LogP contribution in [-0.2, 0) is 9.59 Å². The molecule has 0 aromatic carbocycles. The smallest absolute Gasteiger partial charge is 0.309 e. The lowest BCUT2D eigenvalue weighted by Crippen LogP contribution is -2.55. The lowest BCUT2D eigenvalue weighted by Gasteiger charge is -2.60. The molecule has 4 bridgehead atoms. The van der Waals surface area contributed by atoms with Crippen LogP contribution in [-0.4, -0.2) is 22.2 Å². The molecule has 0 unspecified atom stereocenters. The van der Waals surface area contributed by atoms with Gasteiger partial charge in [0.05, 0.1) is 11.8 Å². The summed E-state index contributed by atoms with van der Waals surface area (Å²) in [6.45, 7) is 0. The van der Waals surface area contributed by atoms with E-state index in [1.54, 1.807) is 0 Å².